The molecule has 8 heteroatoms. The summed E-state index contributed by atoms with van der Waals surface area (Å²) in [6, 6.07) is 13.2. The summed E-state index contributed by atoms with van der Waals surface area (Å²) in [5.41, 5.74) is 2.13. The Hall–Kier alpha value is -3.10. The van der Waals surface area contributed by atoms with Crippen molar-refractivity contribution in [1.82, 2.24) is 9.80 Å². The van der Waals surface area contributed by atoms with Gasteiger partial charge >= 0.3 is 0 Å². The summed E-state index contributed by atoms with van der Waals surface area (Å²) in [6.45, 7) is 7.96. The number of nitrogens with one attached hydrogen (secondary N) is 1. The lowest BCUT2D eigenvalue weighted by molar-refractivity contribution is -0.114. The molecule has 2 aromatic carbocycles. The van der Waals surface area contributed by atoms with Gasteiger partial charge in [-0.15, -0.1) is 0 Å². The van der Waals surface area contributed by atoms with Gasteiger partial charge in [0.25, 0.3) is 5.91 Å². The number of hydrogen-bond donors (Lipinski definition) is 1. The maximum absolute atomic E-state index is 13.3. The quantitative estimate of drug-likeness (QED) is 0.699. The summed E-state index contributed by atoms with van der Waals surface area (Å²) in [4.78, 5) is 28.9. The zero-order valence-electron chi connectivity index (χ0n) is 21.5. The smallest absolute Gasteiger partial charge is 0.257 e. The second-order valence-electron chi connectivity index (χ2n) is 9.23. The Morgan fingerprint density at radius 1 is 1.14 bits per heavy atom. The molecule has 1 heterocycles. The van der Waals surface area contributed by atoms with Crippen LogP contribution in [0.3, 0.4) is 0 Å². The molecule has 35 heavy (non-hydrogen) atoms. The minimum atomic E-state index is -0.185. The van der Waals surface area contributed by atoms with Crippen molar-refractivity contribution >= 4 is 17.5 Å². The molecule has 0 aliphatic carbocycles. The van der Waals surface area contributed by atoms with Crippen LogP contribution in [0.4, 0.5) is 5.69 Å². The van der Waals surface area contributed by atoms with Crippen molar-refractivity contribution in [3.63, 3.8) is 0 Å². The summed E-state index contributed by atoms with van der Waals surface area (Å²) in [6.07, 6.45) is -0.140. The van der Waals surface area contributed by atoms with E-state index < -0.39 is 0 Å². The molecule has 1 aliphatic heterocycles. The Bertz CT molecular complexity index is 1030. The number of ether oxygens (including phenoxy) is 3. The second-order valence-corrected chi connectivity index (χ2v) is 9.23. The first-order chi connectivity index (χ1) is 16.7. The van der Waals surface area contributed by atoms with Crippen LogP contribution in [0.15, 0.2) is 42.5 Å². The van der Waals surface area contributed by atoms with Crippen LogP contribution in [0, 0.1) is 5.92 Å². The Morgan fingerprint density at radius 2 is 1.89 bits per heavy atom. The molecule has 0 fully saturated rings. The van der Waals surface area contributed by atoms with Gasteiger partial charge in [-0.3, -0.25) is 14.5 Å². The largest absolute Gasteiger partial charge is 0.496 e. The Balaban J connectivity index is 1.97. The van der Waals surface area contributed by atoms with Crippen molar-refractivity contribution in [2.45, 2.75) is 39.5 Å². The van der Waals surface area contributed by atoms with Crippen molar-refractivity contribution in [3.8, 4) is 11.5 Å². The number of anilines is 1. The molecule has 0 unspecified atom stereocenters. The standard InChI is InChI=1S/C27H37N3O5/c1-18-14-30(15-21-9-7-8-10-24(21)33-5)19(2)17-35-25-13-22(28-20(3)31)11-12-23(25)27(32)29(4)16-26(18)34-6/h7-13,18-19,26H,14-17H2,1-6H3,(H,28,31)/t18-,19-,26-/m1/s1. The normalized spacial score (nSPS) is 21.8. The number of carbonyl (C=O) groups excluding carboxylic acids is 2. The number of para-hydroxylation sites is 1. The van der Waals surface area contributed by atoms with E-state index in [0.717, 1.165) is 17.9 Å². The molecule has 0 aromatic heterocycles. The van der Waals surface area contributed by atoms with Gasteiger partial charge in [-0.25, -0.2) is 0 Å². The van der Waals surface area contributed by atoms with Crippen LogP contribution < -0.4 is 14.8 Å². The molecule has 0 saturated carbocycles. The zero-order valence-corrected chi connectivity index (χ0v) is 21.5. The molecule has 3 rings (SSSR count). The van der Waals surface area contributed by atoms with Crippen LogP contribution in [0.25, 0.3) is 0 Å². The van der Waals surface area contributed by atoms with Crippen LogP contribution in [0.5, 0.6) is 11.5 Å². The predicted octanol–water partition coefficient (Wildman–Crippen LogP) is 3.66. The molecule has 0 saturated heterocycles. The van der Waals surface area contributed by atoms with Crippen molar-refractivity contribution < 1.29 is 23.8 Å². The summed E-state index contributed by atoms with van der Waals surface area (Å²) in [5, 5.41) is 2.77. The lowest BCUT2D eigenvalue weighted by atomic mass is 10.0. The Morgan fingerprint density at radius 3 is 2.57 bits per heavy atom. The number of methoxy groups -OCH3 is 2. The van der Waals surface area contributed by atoms with Crippen molar-refractivity contribution in [3.05, 3.63) is 53.6 Å². The van der Waals surface area contributed by atoms with Crippen LogP contribution in [-0.2, 0) is 16.1 Å². The van der Waals surface area contributed by atoms with Crippen molar-refractivity contribution in [1.29, 1.82) is 0 Å². The molecular formula is C27H37N3O5. The fourth-order valence-corrected chi connectivity index (χ4v) is 4.40. The monoisotopic (exact) mass is 483 g/mol. The average molecular weight is 484 g/mol. The third-order valence-corrected chi connectivity index (χ3v) is 6.46. The number of likely N-dealkylation sites (N-methyl/N-ethyl adjacent to an activating group) is 1. The first kappa shape index (κ1) is 26.5. The summed E-state index contributed by atoms with van der Waals surface area (Å²) in [7, 11) is 5.14. The van der Waals surface area contributed by atoms with E-state index in [-0.39, 0.29) is 29.9 Å². The first-order valence-electron chi connectivity index (χ1n) is 11.9. The fraction of sp³-hybridized carbons (Fsp3) is 0.481. The number of amides is 2. The van der Waals surface area contributed by atoms with Gasteiger partial charge < -0.3 is 24.4 Å². The number of carbonyl (C=O) groups is 2. The zero-order chi connectivity index (χ0) is 25.5. The molecule has 1 N–H and O–H groups in total. The molecule has 0 bridgehead atoms. The number of rotatable bonds is 5. The lowest BCUT2D eigenvalue weighted by Gasteiger charge is -2.36. The highest BCUT2D eigenvalue weighted by Gasteiger charge is 2.28. The highest BCUT2D eigenvalue weighted by atomic mass is 16.5. The van der Waals surface area contributed by atoms with Gasteiger partial charge in [0.1, 0.15) is 18.1 Å². The van der Waals surface area contributed by atoms with Gasteiger partial charge in [-0.05, 0) is 31.0 Å². The number of nitrogens with zero attached hydrogens (tertiary/aromatic N) is 2. The fourth-order valence-electron chi connectivity index (χ4n) is 4.40. The molecular weight excluding hydrogens is 446 g/mol. The van der Waals surface area contributed by atoms with Gasteiger partial charge in [0.2, 0.25) is 5.91 Å². The minimum Gasteiger partial charge on any atom is -0.496 e. The molecule has 190 valence electrons. The molecule has 0 spiro atoms. The average Bonchev–Trinajstić information content (AvgIpc) is 2.84. The molecule has 1 aliphatic rings. The van der Waals surface area contributed by atoms with Gasteiger partial charge in [0.05, 0.1) is 18.8 Å². The van der Waals surface area contributed by atoms with E-state index in [4.69, 9.17) is 14.2 Å². The molecule has 2 aromatic rings. The Kier molecular flexibility index (Phi) is 9.12. The first-order valence-corrected chi connectivity index (χ1v) is 11.9. The van der Waals surface area contributed by atoms with E-state index in [9.17, 15) is 9.59 Å². The number of benzene rings is 2. The van der Waals surface area contributed by atoms with Gasteiger partial charge in [0.15, 0.2) is 0 Å². The third kappa shape index (κ3) is 6.74. The highest BCUT2D eigenvalue weighted by Crippen LogP contribution is 2.28. The van der Waals surface area contributed by atoms with E-state index in [1.165, 1.54) is 6.92 Å². The maximum Gasteiger partial charge on any atom is 0.257 e. The number of fused-ring (bicyclic) bond motifs is 1. The van der Waals surface area contributed by atoms with E-state index in [2.05, 4.69) is 30.1 Å². The SMILES string of the molecule is COc1ccccc1CN1C[C@@H](C)[C@H](OC)CN(C)C(=O)c2ccc(NC(C)=O)cc2OC[C@H]1C. The Labute approximate surface area is 208 Å². The molecule has 2 amide bonds. The van der Waals surface area contributed by atoms with Crippen molar-refractivity contribution in [2.24, 2.45) is 5.92 Å². The van der Waals surface area contributed by atoms with Crippen LogP contribution in [0.2, 0.25) is 0 Å². The van der Waals surface area contributed by atoms with E-state index >= 15 is 0 Å². The van der Waals surface area contributed by atoms with Crippen LogP contribution in [-0.4, -0.2) is 74.7 Å². The lowest BCUT2D eigenvalue weighted by Crippen LogP contribution is -2.46. The second kappa shape index (κ2) is 12.0. The third-order valence-electron chi connectivity index (χ3n) is 6.46. The molecule has 8 nitrogen and oxygen atoms in total. The van der Waals surface area contributed by atoms with Gasteiger partial charge in [-0.1, -0.05) is 25.1 Å². The van der Waals surface area contributed by atoms with E-state index in [1.807, 2.05) is 18.2 Å². The minimum absolute atomic E-state index is 0.0319. The van der Waals surface area contributed by atoms with Crippen LogP contribution >= 0.6 is 0 Å². The summed E-state index contributed by atoms with van der Waals surface area (Å²) in [5.74, 6) is 1.11. The maximum atomic E-state index is 13.3. The van der Waals surface area contributed by atoms with Crippen molar-refractivity contribution in [2.75, 3.05) is 46.3 Å². The molecule has 0 radical (unpaired) electrons. The van der Waals surface area contributed by atoms with Gasteiger partial charge in [0, 0.05) is 64.1 Å². The summed E-state index contributed by atoms with van der Waals surface area (Å²) < 4.78 is 17.6. The van der Waals surface area contributed by atoms with E-state index in [0.29, 0.717) is 36.7 Å². The predicted molar refractivity (Wildman–Crippen MR) is 136 cm³/mol. The topological polar surface area (TPSA) is 80.3 Å². The van der Waals surface area contributed by atoms with Gasteiger partial charge in [-0.2, -0.15) is 0 Å². The highest BCUT2D eigenvalue weighted by molar-refractivity contribution is 5.98. The van der Waals surface area contributed by atoms with E-state index in [1.54, 1.807) is 44.4 Å². The number of hydrogen-bond acceptors (Lipinski definition) is 6. The molecule has 3 atom stereocenters. The summed E-state index contributed by atoms with van der Waals surface area (Å²) >= 11 is 0. The van der Waals surface area contributed by atoms with Crippen LogP contribution in [0.1, 0.15) is 36.7 Å².